The third-order valence-electron chi connectivity index (χ3n) is 4.10. The molecule has 1 saturated carbocycles. The maximum absolute atomic E-state index is 13.5. The summed E-state index contributed by atoms with van der Waals surface area (Å²) in [7, 11) is 0. The van der Waals surface area contributed by atoms with Gasteiger partial charge in [0.15, 0.2) is 0 Å². The number of carbonyl (C=O) groups excluding carboxylic acids is 1. The molecule has 0 aliphatic heterocycles. The van der Waals surface area contributed by atoms with Gasteiger partial charge in [0.2, 0.25) is 5.91 Å². The maximum Gasteiger partial charge on any atom is 0.222 e. The van der Waals surface area contributed by atoms with Crippen molar-refractivity contribution in [3.05, 3.63) is 34.6 Å². The van der Waals surface area contributed by atoms with E-state index >= 15 is 0 Å². The highest BCUT2D eigenvalue weighted by molar-refractivity contribution is 5.77. The van der Waals surface area contributed by atoms with Gasteiger partial charge in [-0.2, -0.15) is 0 Å². The van der Waals surface area contributed by atoms with Crippen molar-refractivity contribution in [1.82, 2.24) is 5.32 Å². The topological polar surface area (TPSA) is 55.1 Å². The first-order valence-corrected chi connectivity index (χ1v) is 7.21. The molecule has 20 heavy (non-hydrogen) atoms. The SMILES string of the molecule is Cc1cc(CNC(=O)CC2(N)CCCC2)cc(C)c1F. The lowest BCUT2D eigenvalue weighted by Crippen LogP contribution is -2.42. The molecule has 1 aliphatic carbocycles. The van der Waals surface area contributed by atoms with Crippen LogP contribution in [0.5, 0.6) is 0 Å². The van der Waals surface area contributed by atoms with Crippen LogP contribution in [0.15, 0.2) is 12.1 Å². The van der Waals surface area contributed by atoms with Gasteiger partial charge in [-0.15, -0.1) is 0 Å². The lowest BCUT2D eigenvalue weighted by Gasteiger charge is -2.22. The first-order chi connectivity index (χ1) is 9.39. The van der Waals surface area contributed by atoms with Crippen LogP contribution >= 0.6 is 0 Å². The van der Waals surface area contributed by atoms with Crippen LogP contribution in [0.25, 0.3) is 0 Å². The summed E-state index contributed by atoms with van der Waals surface area (Å²) in [6.45, 7) is 3.90. The monoisotopic (exact) mass is 278 g/mol. The Balaban J connectivity index is 1.90. The number of halogens is 1. The van der Waals surface area contributed by atoms with Gasteiger partial charge in [0, 0.05) is 18.5 Å². The van der Waals surface area contributed by atoms with Gasteiger partial charge in [-0.05, 0) is 43.4 Å². The summed E-state index contributed by atoms with van der Waals surface area (Å²) in [4.78, 5) is 11.9. The molecule has 0 atom stereocenters. The molecule has 0 saturated heterocycles. The number of aryl methyl sites for hydroxylation is 2. The van der Waals surface area contributed by atoms with Crippen LogP contribution in [-0.2, 0) is 11.3 Å². The average Bonchev–Trinajstić information content (AvgIpc) is 2.79. The molecule has 4 heteroatoms. The summed E-state index contributed by atoms with van der Waals surface area (Å²) in [5.74, 6) is -0.194. The lowest BCUT2D eigenvalue weighted by molar-refractivity contribution is -0.122. The number of rotatable bonds is 4. The molecule has 0 unspecified atom stereocenters. The first kappa shape index (κ1) is 15.0. The van der Waals surface area contributed by atoms with Gasteiger partial charge in [-0.1, -0.05) is 25.0 Å². The fourth-order valence-corrected chi connectivity index (χ4v) is 2.98. The largest absolute Gasteiger partial charge is 0.352 e. The van der Waals surface area contributed by atoms with Gasteiger partial charge in [0.05, 0.1) is 0 Å². The van der Waals surface area contributed by atoms with Gasteiger partial charge in [-0.25, -0.2) is 4.39 Å². The second-order valence-electron chi connectivity index (χ2n) is 6.07. The summed E-state index contributed by atoms with van der Waals surface area (Å²) in [6, 6.07) is 3.55. The maximum atomic E-state index is 13.5. The third kappa shape index (κ3) is 3.57. The van der Waals surface area contributed by atoms with Gasteiger partial charge in [0.1, 0.15) is 5.82 Å². The Hall–Kier alpha value is -1.42. The van der Waals surface area contributed by atoms with E-state index in [1.807, 2.05) is 0 Å². The van der Waals surface area contributed by atoms with E-state index in [1.165, 1.54) is 0 Å². The second-order valence-corrected chi connectivity index (χ2v) is 6.07. The zero-order valence-corrected chi connectivity index (χ0v) is 12.3. The highest BCUT2D eigenvalue weighted by Crippen LogP contribution is 2.29. The molecule has 1 aromatic rings. The minimum absolute atomic E-state index is 0.0194. The molecular weight excluding hydrogens is 255 g/mol. The molecule has 0 radical (unpaired) electrons. The fraction of sp³-hybridized carbons (Fsp3) is 0.562. The number of carbonyl (C=O) groups is 1. The summed E-state index contributed by atoms with van der Waals surface area (Å²) < 4.78 is 13.5. The van der Waals surface area contributed by atoms with Crippen LogP contribution in [-0.4, -0.2) is 11.4 Å². The number of nitrogens with two attached hydrogens (primary N) is 1. The fourth-order valence-electron chi connectivity index (χ4n) is 2.98. The highest BCUT2D eigenvalue weighted by atomic mass is 19.1. The van der Waals surface area contributed by atoms with Crippen LogP contribution in [0.3, 0.4) is 0 Å². The first-order valence-electron chi connectivity index (χ1n) is 7.21. The van der Waals surface area contributed by atoms with E-state index in [0.29, 0.717) is 24.1 Å². The number of benzene rings is 1. The summed E-state index contributed by atoms with van der Waals surface area (Å²) >= 11 is 0. The van der Waals surface area contributed by atoms with E-state index in [4.69, 9.17) is 5.73 Å². The highest BCUT2D eigenvalue weighted by Gasteiger charge is 2.31. The minimum Gasteiger partial charge on any atom is -0.352 e. The third-order valence-corrected chi connectivity index (χ3v) is 4.10. The van der Waals surface area contributed by atoms with Gasteiger partial charge in [0.25, 0.3) is 0 Å². The van der Waals surface area contributed by atoms with Crippen LogP contribution in [0.2, 0.25) is 0 Å². The van der Waals surface area contributed by atoms with Gasteiger partial charge in [-0.3, -0.25) is 4.79 Å². The van der Waals surface area contributed by atoms with Crippen LogP contribution in [0.4, 0.5) is 4.39 Å². The van der Waals surface area contributed by atoms with E-state index in [0.717, 1.165) is 31.2 Å². The molecule has 0 spiro atoms. The predicted octanol–water partition coefficient (Wildman–Crippen LogP) is 2.72. The molecule has 1 aromatic carbocycles. The number of amides is 1. The molecule has 3 N–H and O–H groups in total. The van der Waals surface area contributed by atoms with Crippen molar-refractivity contribution in [2.24, 2.45) is 5.73 Å². The number of hydrogen-bond acceptors (Lipinski definition) is 2. The van der Waals surface area contributed by atoms with Crippen LogP contribution in [0.1, 0.15) is 48.8 Å². The van der Waals surface area contributed by atoms with Crippen LogP contribution in [0, 0.1) is 19.7 Å². The van der Waals surface area contributed by atoms with Crippen molar-refractivity contribution in [2.45, 2.75) is 58.0 Å². The van der Waals surface area contributed by atoms with Crippen molar-refractivity contribution in [3.63, 3.8) is 0 Å². The van der Waals surface area contributed by atoms with E-state index in [1.54, 1.807) is 26.0 Å². The Morgan fingerprint density at radius 2 is 1.85 bits per heavy atom. The van der Waals surface area contributed by atoms with Crippen molar-refractivity contribution in [1.29, 1.82) is 0 Å². The zero-order valence-electron chi connectivity index (χ0n) is 12.3. The Kier molecular flexibility index (Phi) is 4.43. The van der Waals surface area contributed by atoms with E-state index in [-0.39, 0.29) is 17.3 Å². The lowest BCUT2D eigenvalue weighted by atomic mass is 9.94. The average molecular weight is 278 g/mol. The normalized spacial score (nSPS) is 17.2. The molecule has 110 valence electrons. The standard InChI is InChI=1S/C16H23FN2O/c1-11-7-13(8-12(2)15(11)17)10-19-14(20)9-16(18)5-3-4-6-16/h7-8H,3-6,9-10,18H2,1-2H3,(H,19,20). The van der Waals surface area contributed by atoms with Crippen molar-refractivity contribution < 1.29 is 9.18 Å². The molecule has 0 aromatic heterocycles. The van der Waals surface area contributed by atoms with E-state index < -0.39 is 0 Å². The summed E-state index contributed by atoms with van der Waals surface area (Å²) in [5.41, 5.74) is 8.01. The minimum atomic E-state index is -0.321. The van der Waals surface area contributed by atoms with Crippen molar-refractivity contribution in [3.8, 4) is 0 Å². The molecule has 1 fully saturated rings. The van der Waals surface area contributed by atoms with E-state index in [2.05, 4.69) is 5.32 Å². The molecule has 2 rings (SSSR count). The van der Waals surface area contributed by atoms with Crippen LogP contribution < -0.4 is 11.1 Å². The van der Waals surface area contributed by atoms with Crippen molar-refractivity contribution >= 4 is 5.91 Å². The predicted molar refractivity (Wildman–Crippen MR) is 77.7 cm³/mol. The molecule has 3 nitrogen and oxygen atoms in total. The van der Waals surface area contributed by atoms with Gasteiger partial charge >= 0.3 is 0 Å². The second kappa shape index (κ2) is 5.92. The molecular formula is C16H23FN2O. The molecule has 0 heterocycles. The smallest absolute Gasteiger partial charge is 0.222 e. The zero-order chi connectivity index (χ0) is 14.8. The van der Waals surface area contributed by atoms with E-state index in [9.17, 15) is 9.18 Å². The van der Waals surface area contributed by atoms with Crippen molar-refractivity contribution in [2.75, 3.05) is 0 Å². The number of hydrogen-bond donors (Lipinski definition) is 2. The summed E-state index contributed by atoms with van der Waals surface area (Å²) in [5, 5.41) is 2.88. The molecule has 1 aliphatic rings. The Labute approximate surface area is 119 Å². The molecule has 0 bridgehead atoms. The summed E-state index contributed by atoms with van der Waals surface area (Å²) in [6.07, 6.45) is 4.46. The van der Waals surface area contributed by atoms with Gasteiger partial charge < -0.3 is 11.1 Å². The Morgan fingerprint density at radius 3 is 2.40 bits per heavy atom. The quantitative estimate of drug-likeness (QED) is 0.889. The Morgan fingerprint density at radius 1 is 1.30 bits per heavy atom. The Bertz CT molecular complexity index is 484. The molecule has 1 amide bonds. The number of nitrogens with one attached hydrogen (secondary N) is 1.